The smallest absolute Gasteiger partial charge is 0.258 e. The minimum absolute atomic E-state index is 0.0602. The number of nitrogens with one attached hydrogen (secondary N) is 2. The summed E-state index contributed by atoms with van der Waals surface area (Å²) in [6.07, 6.45) is 0. The van der Waals surface area contributed by atoms with Gasteiger partial charge in [-0.25, -0.2) is 0 Å². The lowest BCUT2D eigenvalue weighted by Crippen LogP contribution is -2.30. The van der Waals surface area contributed by atoms with Gasteiger partial charge in [-0.3, -0.25) is 9.59 Å². The van der Waals surface area contributed by atoms with Crippen LogP contribution in [0.5, 0.6) is 5.75 Å². The molecule has 3 rings (SSSR count). The van der Waals surface area contributed by atoms with Gasteiger partial charge in [0.15, 0.2) is 0 Å². The Bertz CT molecular complexity index is 1110. The molecule has 0 bridgehead atoms. The van der Waals surface area contributed by atoms with Crippen LogP contribution in [-0.2, 0) is 4.79 Å². The SMILES string of the molecule is C=C(C)COc1cccc(NC(=O)CNc2cccc(C(=O)N(CC)c3ccccc3)c2)c1. The molecule has 0 aliphatic heterocycles. The molecule has 3 aromatic rings. The maximum atomic E-state index is 13.0. The van der Waals surface area contributed by atoms with Crippen LogP contribution >= 0.6 is 0 Å². The van der Waals surface area contributed by atoms with E-state index in [4.69, 9.17) is 4.74 Å². The molecule has 0 heterocycles. The van der Waals surface area contributed by atoms with Gasteiger partial charge in [-0.15, -0.1) is 0 Å². The van der Waals surface area contributed by atoms with Gasteiger partial charge in [0, 0.05) is 35.2 Å². The molecule has 2 amide bonds. The van der Waals surface area contributed by atoms with Crippen molar-refractivity contribution in [3.63, 3.8) is 0 Å². The second-order valence-corrected chi connectivity index (χ2v) is 7.64. The summed E-state index contributed by atoms with van der Waals surface area (Å²) in [7, 11) is 0. The number of anilines is 3. The van der Waals surface area contributed by atoms with E-state index in [1.165, 1.54) is 0 Å². The van der Waals surface area contributed by atoms with Crippen LogP contribution in [0.3, 0.4) is 0 Å². The fraction of sp³-hybridized carbons (Fsp3) is 0.185. The molecule has 0 saturated heterocycles. The lowest BCUT2D eigenvalue weighted by molar-refractivity contribution is -0.114. The summed E-state index contributed by atoms with van der Waals surface area (Å²) in [6, 6.07) is 23.9. The van der Waals surface area contributed by atoms with E-state index in [9.17, 15) is 9.59 Å². The number of rotatable bonds is 10. The van der Waals surface area contributed by atoms with Crippen molar-refractivity contribution in [3.05, 3.63) is 96.6 Å². The maximum absolute atomic E-state index is 13.0. The Hall–Kier alpha value is -4.06. The fourth-order valence-corrected chi connectivity index (χ4v) is 3.23. The van der Waals surface area contributed by atoms with Crippen molar-refractivity contribution in [1.29, 1.82) is 0 Å². The van der Waals surface area contributed by atoms with Crippen molar-refractivity contribution in [1.82, 2.24) is 0 Å². The van der Waals surface area contributed by atoms with Gasteiger partial charge < -0.3 is 20.3 Å². The first-order chi connectivity index (χ1) is 16.0. The summed E-state index contributed by atoms with van der Waals surface area (Å²) in [6.45, 7) is 8.68. The molecule has 6 heteroatoms. The molecule has 33 heavy (non-hydrogen) atoms. The zero-order valence-electron chi connectivity index (χ0n) is 19.0. The highest BCUT2D eigenvalue weighted by atomic mass is 16.5. The lowest BCUT2D eigenvalue weighted by atomic mass is 10.1. The average molecular weight is 444 g/mol. The molecular weight excluding hydrogens is 414 g/mol. The third-order valence-electron chi connectivity index (χ3n) is 4.79. The standard InChI is InChI=1S/C27H29N3O3/c1-4-30(24-13-6-5-7-14-24)27(32)21-10-8-11-22(16-21)28-18-26(31)29-23-12-9-15-25(17-23)33-19-20(2)3/h5-17,28H,2,4,18-19H2,1,3H3,(H,29,31). The monoisotopic (exact) mass is 443 g/mol. The van der Waals surface area contributed by atoms with E-state index in [1.807, 2.05) is 62.4 Å². The van der Waals surface area contributed by atoms with E-state index < -0.39 is 0 Å². The Labute approximate surface area is 194 Å². The van der Waals surface area contributed by atoms with Gasteiger partial charge in [0.05, 0.1) is 6.54 Å². The van der Waals surface area contributed by atoms with Crippen molar-refractivity contribution in [2.45, 2.75) is 13.8 Å². The molecule has 0 aliphatic carbocycles. The third-order valence-corrected chi connectivity index (χ3v) is 4.79. The van der Waals surface area contributed by atoms with E-state index in [1.54, 1.807) is 35.2 Å². The van der Waals surface area contributed by atoms with E-state index in [2.05, 4.69) is 17.2 Å². The number of amides is 2. The first-order valence-electron chi connectivity index (χ1n) is 10.8. The van der Waals surface area contributed by atoms with E-state index in [0.29, 0.717) is 35.8 Å². The van der Waals surface area contributed by atoms with E-state index >= 15 is 0 Å². The highest BCUT2D eigenvalue weighted by Crippen LogP contribution is 2.20. The predicted molar refractivity (Wildman–Crippen MR) is 134 cm³/mol. The van der Waals surface area contributed by atoms with Gasteiger partial charge in [-0.1, -0.05) is 36.9 Å². The molecule has 0 unspecified atom stereocenters. The number of ether oxygens (including phenoxy) is 1. The minimum Gasteiger partial charge on any atom is -0.489 e. The molecule has 0 atom stereocenters. The van der Waals surface area contributed by atoms with Crippen LogP contribution in [0.2, 0.25) is 0 Å². The van der Waals surface area contributed by atoms with Crippen molar-refractivity contribution in [2.24, 2.45) is 0 Å². The molecule has 0 aromatic heterocycles. The van der Waals surface area contributed by atoms with Gasteiger partial charge >= 0.3 is 0 Å². The molecule has 6 nitrogen and oxygen atoms in total. The normalized spacial score (nSPS) is 10.2. The summed E-state index contributed by atoms with van der Waals surface area (Å²) in [4.78, 5) is 27.2. The van der Waals surface area contributed by atoms with Crippen LogP contribution < -0.4 is 20.3 Å². The number of para-hydroxylation sites is 1. The zero-order valence-corrected chi connectivity index (χ0v) is 19.0. The Balaban J connectivity index is 1.59. The summed E-state index contributed by atoms with van der Waals surface area (Å²) >= 11 is 0. The van der Waals surface area contributed by atoms with Crippen LogP contribution in [0, 0.1) is 0 Å². The maximum Gasteiger partial charge on any atom is 0.258 e. The summed E-state index contributed by atoms with van der Waals surface area (Å²) in [5.74, 6) is 0.362. The first-order valence-corrected chi connectivity index (χ1v) is 10.8. The number of carbonyl (C=O) groups is 2. The van der Waals surface area contributed by atoms with Gasteiger partial charge in [-0.05, 0) is 61.9 Å². The predicted octanol–water partition coefficient (Wildman–Crippen LogP) is 5.36. The quantitative estimate of drug-likeness (QED) is 0.414. The van der Waals surface area contributed by atoms with Gasteiger partial charge in [0.2, 0.25) is 5.91 Å². The molecule has 0 radical (unpaired) electrons. The number of benzene rings is 3. The van der Waals surface area contributed by atoms with Crippen LogP contribution in [0.25, 0.3) is 0 Å². The summed E-state index contributed by atoms with van der Waals surface area (Å²) in [5.41, 5.74) is 3.65. The van der Waals surface area contributed by atoms with Crippen molar-refractivity contribution >= 4 is 28.9 Å². The number of hydrogen-bond donors (Lipinski definition) is 2. The molecule has 0 aliphatic rings. The third kappa shape index (κ3) is 6.97. The average Bonchev–Trinajstić information content (AvgIpc) is 2.83. The highest BCUT2D eigenvalue weighted by Gasteiger charge is 2.16. The topological polar surface area (TPSA) is 70.7 Å². The first kappa shape index (κ1) is 23.6. The van der Waals surface area contributed by atoms with Crippen LogP contribution in [0.15, 0.2) is 91.0 Å². The Morgan fingerprint density at radius 1 is 0.939 bits per heavy atom. The van der Waals surface area contributed by atoms with Gasteiger partial charge in [0.1, 0.15) is 12.4 Å². The molecule has 0 saturated carbocycles. The Morgan fingerprint density at radius 2 is 1.67 bits per heavy atom. The van der Waals surface area contributed by atoms with Crippen molar-refractivity contribution in [2.75, 3.05) is 35.2 Å². The number of hydrogen-bond acceptors (Lipinski definition) is 4. The van der Waals surface area contributed by atoms with Crippen LogP contribution in [0.1, 0.15) is 24.2 Å². The molecule has 3 aromatic carbocycles. The Kier molecular flexibility index (Phi) is 8.24. The molecule has 0 fully saturated rings. The summed E-state index contributed by atoms with van der Waals surface area (Å²) in [5, 5.41) is 5.93. The van der Waals surface area contributed by atoms with Crippen LogP contribution in [-0.4, -0.2) is 31.5 Å². The van der Waals surface area contributed by atoms with Gasteiger partial charge in [-0.2, -0.15) is 0 Å². The van der Waals surface area contributed by atoms with Crippen LogP contribution in [0.4, 0.5) is 17.1 Å². The van der Waals surface area contributed by atoms with E-state index in [-0.39, 0.29) is 18.4 Å². The second-order valence-electron chi connectivity index (χ2n) is 7.64. The lowest BCUT2D eigenvalue weighted by Gasteiger charge is -2.21. The number of carbonyl (C=O) groups excluding carboxylic acids is 2. The molecular formula is C27H29N3O3. The van der Waals surface area contributed by atoms with Crippen molar-refractivity contribution in [3.8, 4) is 5.75 Å². The summed E-state index contributed by atoms with van der Waals surface area (Å²) < 4.78 is 5.61. The van der Waals surface area contributed by atoms with Crippen molar-refractivity contribution < 1.29 is 14.3 Å². The largest absolute Gasteiger partial charge is 0.489 e. The fourth-order valence-electron chi connectivity index (χ4n) is 3.23. The Morgan fingerprint density at radius 3 is 2.39 bits per heavy atom. The molecule has 0 spiro atoms. The number of nitrogens with zero attached hydrogens (tertiary/aromatic N) is 1. The van der Waals surface area contributed by atoms with E-state index in [0.717, 1.165) is 11.3 Å². The molecule has 170 valence electrons. The minimum atomic E-state index is -0.205. The zero-order chi connectivity index (χ0) is 23.6. The highest BCUT2D eigenvalue weighted by molar-refractivity contribution is 6.06. The second kappa shape index (κ2) is 11.5. The van der Waals surface area contributed by atoms with Gasteiger partial charge in [0.25, 0.3) is 5.91 Å². The molecule has 2 N–H and O–H groups in total.